The van der Waals surface area contributed by atoms with Crippen LogP contribution in [0.2, 0.25) is 0 Å². The van der Waals surface area contributed by atoms with Crippen molar-refractivity contribution in [2.75, 3.05) is 7.11 Å². The van der Waals surface area contributed by atoms with Gasteiger partial charge >= 0.3 is 5.97 Å². The SMILES string of the molecule is COc1cc(/C=N/NC(=O)Cc2cccc3ccccc23)ccc1OC(=O)c1cccc(Br)c1. The number of fused-ring (bicyclic) bond motifs is 1. The lowest BCUT2D eigenvalue weighted by atomic mass is 10.0. The number of benzene rings is 4. The average molecular weight is 517 g/mol. The summed E-state index contributed by atoms with van der Waals surface area (Å²) in [6, 6.07) is 25.8. The number of amides is 1. The summed E-state index contributed by atoms with van der Waals surface area (Å²) in [5.41, 5.74) is 4.57. The molecule has 4 aromatic carbocycles. The van der Waals surface area contributed by atoms with Crippen LogP contribution in [0.15, 0.2) is 94.5 Å². The average Bonchev–Trinajstić information content (AvgIpc) is 2.85. The van der Waals surface area contributed by atoms with Crippen LogP contribution in [0.3, 0.4) is 0 Å². The van der Waals surface area contributed by atoms with Crippen molar-refractivity contribution >= 4 is 44.8 Å². The van der Waals surface area contributed by atoms with Crippen LogP contribution in [0.4, 0.5) is 0 Å². The van der Waals surface area contributed by atoms with Crippen LogP contribution >= 0.6 is 15.9 Å². The summed E-state index contributed by atoms with van der Waals surface area (Å²) < 4.78 is 11.6. The van der Waals surface area contributed by atoms with E-state index >= 15 is 0 Å². The first-order valence-corrected chi connectivity index (χ1v) is 11.3. The number of methoxy groups -OCH3 is 1. The Labute approximate surface area is 205 Å². The number of hydrogen-bond donors (Lipinski definition) is 1. The molecule has 0 fully saturated rings. The van der Waals surface area contributed by atoms with Crippen molar-refractivity contribution in [1.29, 1.82) is 0 Å². The standard InChI is InChI=1S/C27H21BrN2O4/c1-33-25-14-18(12-13-24(25)34-27(32)21-9-5-10-22(28)15-21)17-29-30-26(31)16-20-8-4-7-19-6-2-3-11-23(19)20/h2-15,17H,16H2,1H3,(H,30,31)/b29-17+. The van der Waals surface area contributed by atoms with Gasteiger partial charge in [0.25, 0.3) is 0 Å². The smallest absolute Gasteiger partial charge is 0.343 e. The molecule has 0 aromatic heterocycles. The second kappa shape index (κ2) is 10.8. The maximum absolute atomic E-state index is 12.4. The molecule has 0 atom stereocenters. The first-order chi connectivity index (χ1) is 16.5. The van der Waals surface area contributed by atoms with E-state index in [1.807, 2.05) is 48.5 Å². The summed E-state index contributed by atoms with van der Waals surface area (Å²) in [4.78, 5) is 24.8. The molecule has 1 N–H and O–H groups in total. The van der Waals surface area contributed by atoms with Gasteiger partial charge in [-0.1, -0.05) is 64.5 Å². The lowest BCUT2D eigenvalue weighted by Crippen LogP contribution is -2.19. The molecule has 6 nitrogen and oxygen atoms in total. The largest absolute Gasteiger partial charge is 0.493 e. The minimum absolute atomic E-state index is 0.215. The number of carbonyl (C=O) groups is 2. The highest BCUT2D eigenvalue weighted by atomic mass is 79.9. The summed E-state index contributed by atoms with van der Waals surface area (Å²) in [7, 11) is 1.48. The second-order valence-corrected chi connectivity index (χ2v) is 8.33. The summed E-state index contributed by atoms with van der Waals surface area (Å²) in [5, 5.41) is 6.18. The zero-order valence-corrected chi connectivity index (χ0v) is 19.9. The molecule has 0 saturated carbocycles. The first-order valence-electron chi connectivity index (χ1n) is 10.5. The fraction of sp³-hybridized carbons (Fsp3) is 0.0741. The van der Waals surface area contributed by atoms with Gasteiger partial charge in [0, 0.05) is 4.47 Å². The second-order valence-electron chi connectivity index (χ2n) is 7.42. The third-order valence-electron chi connectivity index (χ3n) is 5.08. The van der Waals surface area contributed by atoms with Gasteiger partial charge in [-0.05, 0) is 58.3 Å². The van der Waals surface area contributed by atoms with Crippen LogP contribution in [0.5, 0.6) is 11.5 Å². The number of ether oxygens (including phenoxy) is 2. The van der Waals surface area contributed by atoms with Gasteiger partial charge in [0.1, 0.15) is 0 Å². The lowest BCUT2D eigenvalue weighted by molar-refractivity contribution is -0.120. The third-order valence-corrected chi connectivity index (χ3v) is 5.58. The van der Waals surface area contributed by atoms with Crippen LogP contribution < -0.4 is 14.9 Å². The van der Waals surface area contributed by atoms with Gasteiger partial charge in [0.05, 0.1) is 25.3 Å². The van der Waals surface area contributed by atoms with Gasteiger partial charge in [0.2, 0.25) is 5.91 Å². The van der Waals surface area contributed by atoms with E-state index in [0.717, 1.165) is 20.8 Å². The zero-order chi connectivity index (χ0) is 23.9. The molecule has 34 heavy (non-hydrogen) atoms. The van der Waals surface area contributed by atoms with Gasteiger partial charge in [-0.3, -0.25) is 4.79 Å². The highest BCUT2D eigenvalue weighted by Crippen LogP contribution is 2.28. The molecule has 7 heteroatoms. The van der Waals surface area contributed by atoms with Crippen LogP contribution in [0, 0.1) is 0 Å². The first kappa shape index (κ1) is 23.2. The minimum atomic E-state index is -0.498. The fourth-order valence-electron chi connectivity index (χ4n) is 3.46. The van der Waals surface area contributed by atoms with E-state index in [1.165, 1.54) is 13.3 Å². The zero-order valence-electron chi connectivity index (χ0n) is 18.3. The molecular formula is C27H21BrN2O4. The third kappa shape index (κ3) is 5.68. The molecule has 1 amide bonds. The maximum Gasteiger partial charge on any atom is 0.343 e. The predicted molar refractivity (Wildman–Crippen MR) is 135 cm³/mol. The highest BCUT2D eigenvalue weighted by molar-refractivity contribution is 9.10. The Morgan fingerprint density at radius 3 is 2.56 bits per heavy atom. The Kier molecular flexibility index (Phi) is 7.34. The molecule has 4 rings (SSSR count). The van der Waals surface area contributed by atoms with Crippen molar-refractivity contribution in [3.05, 3.63) is 106 Å². The van der Waals surface area contributed by atoms with Crippen molar-refractivity contribution in [3.8, 4) is 11.5 Å². The van der Waals surface area contributed by atoms with Crippen LogP contribution in [-0.2, 0) is 11.2 Å². The van der Waals surface area contributed by atoms with Crippen molar-refractivity contribution in [2.24, 2.45) is 5.10 Å². The Hall–Kier alpha value is -3.97. The van der Waals surface area contributed by atoms with E-state index in [0.29, 0.717) is 16.9 Å². The van der Waals surface area contributed by atoms with Crippen LogP contribution in [-0.4, -0.2) is 25.2 Å². The van der Waals surface area contributed by atoms with Crippen molar-refractivity contribution in [1.82, 2.24) is 5.43 Å². The molecular weight excluding hydrogens is 496 g/mol. The maximum atomic E-state index is 12.4. The molecule has 0 heterocycles. The van der Waals surface area contributed by atoms with E-state index < -0.39 is 5.97 Å². The van der Waals surface area contributed by atoms with Gasteiger partial charge in [-0.15, -0.1) is 0 Å². The quantitative estimate of drug-likeness (QED) is 0.152. The summed E-state index contributed by atoms with van der Waals surface area (Å²) in [6.45, 7) is 0. The molecule has 0 aliphatic carbocycles. The Bertz CT molecular complexity index is 1380. The van der Waals surface area contributed by atoms with Crippen LogP contribution in [0.1, 0.15) is 21.5 Å². The monoisotopic (exact) mass is 516 g/mol. The highest BCUT2D eigenvalue weighted by Gasteiger charge is 2.13. The molecule has 0 saturated heterocycles. The molecule has 0 aliphatic rings. The Morgan fingerprint density at radius 2 is 1.74 bits per heavy atom. The van der Waals surface area contributed by atoms with Gasteiger partial charge in [-0.2, -0.15) is 5.10 Å². The molecule has 4 aromatic rings. The molecule has 0 unspecified atom stereocenters. The van der Waals surface area contributed by atoms with Crippen molar-refractivity contribution in [3.63, 3.8) is 0 Å². The van der Waals surface area contributed by atoms with Crippen molar-refractivity contribution in [2.45, 2.75) is 6.42 Å². The number of esters is 1. The number of hydrazone groups is 1. The predicted octanol–water partition coefficient (Wildman–Crippen LogP) is 5.52. The number of halogens is 1. The summed E-state index contributed by atoms with van der Waals surface area (Å²) >= 11 is 3.34. The number of rotatable bonds is 7. The van der Waals surface area contributed by atoms with Gasteiger partial charge in [-0.25, -0.2) is 10.2 Å². The number of hydrogen-bond acceptors (Lipinski definition) is 5. The molecule has 0 radical (unpaired) electrons. The van der Waals surface area contributed by atoms with Gasteiger partial charge in [0.15, 0.2) is 11.5 Å². The van der Waals surface area contributed by atoms with E-state index in [-0.39, 0.29) is 18.1 Å². The summed E-state index contributed by atoms with van der Waals surface area (Å²) in [6.07, 6.45) is 1.72. The lowest BCUT2D eigenvalue weighted by Gasteiger charge is -2.10. The fourth-order valence-corrected chi connectivity index (χ4v) is 3.86. The Balaban J connectivity index is 1.40. The van der Waals surface area contributed by atoms with E-state index in [1.54, 1.807) is 36.4 Å². The molecule has 0 bridgehead atoms. The molecule has 0 aliphatic heterocycles. The minimum Gasteiger partial charge on any atom is -0.493 e. The molecule has 0 spiro atoms. The van der Waals surface area contributed by atoms with Crippen LogP contribution in [0.25, 0.3) is 10.8 Å². The topological polar surface area (TPSA) is 77.0 Å². The normalized spacial score (nSPS) is 10.9. The number of carbonyl (C=O) groups excluding carboxylic acids is 2. The Morgan fingerprint density at radius 1 is 0.941 bits per heavy atom. The number of nitrogens with zero attached hydrogens (tertiary/aromatic N) is 1. The van der Waals surface area contributed by atoms with E-state index in [9.17, 15) is 9.59 Å². The molecule has 170 valence electrons. The van der Waals surface area contributed by atoms with Crippen molar-refractivity contribution < 1.29 is 19.1 Å². The van der Waals surface area contributed by atoms with E-state index in [2.05, 4.69) is 26.5 Å². The summed E-state index contributed by atoms with van der Waals surface area (Å²) in [5.74, 6) is -0.0696. The number of nitrogens with one attached hydrogen (secondary N) is 1. The van der Waals surface area contributed by atoms with Gasteiger partial charge < -0.3 is 9.47 Å². The van der Waals surface area contributed by atoms with E-state index in [4.69, 9.17) is 9.47 Å².